The topological polar surface area (TPSA) is 149 Å². The number of hydrazine groups is 1. The fourth-order valence-corrected chi connectivity index (χ4v) is 4.17. The molecule has 0 atom stereocenters. The Bertz CT molecular complexity index is 1380. The second kappa shape index (κ2) is 9.25. The van der Waals surface area contributed by atoms with Crippen molar-refractivity contribution in [1.29, 1.82) is 0 Å². The number of amides is 2. The molecule has 2 heterocycles. The lowest BCUT2D eigenvalue weighted by atomic mass is 10.1. The van der Waals surface area contributed by atoms with E-state index in [1.165, 1.54) is 42.5 Å². The van der Waals surface area contributed by atoms with E-state index in [1.54, 1.807) is 24.3 Å². The number of carbonyl (C=O) groups is 2. The van der Waals surface area contributed by atoms with Crippen LogP contribution in [0.4, 0.5) is 11.4 Å². The first-order valence-electron chi connectivity index (χ1n) is 9.41. The van der Waals surface area contributed by atoms with E-state index < -0.39 is 27.3 Å². The average molecular weight is 496 g/mol. The van der Waals surface area contributed by atoms with E-state index in [0.717, 1.165) is 16.8 Å². The summed E-state index contributed by atoms with van der Waals surface area (Å²) in [5.41, 5.74) is 2.23. The van der Waals surface area contributed by atoms with Gasteiger partial charge in [-0.15, -0.1) is 0 Å². The molecule has 170 valence electrons. The van der Waals surface area contributed by atoms with E-state index in [2.05, 4.69) is 5.43 Å². The summed E-state index contributed by atoms with van der Waals surface area (Å²) in [6, 6.07) is 14.4. The number of thiocarbonyl (C=S) groups is 1. The maximum Gasteiger partial charge on any atom is 0.285 e. The molecule has 1 fully saturated rings. The van der Waals surface area contributed by atoms with Crippen LogP contribution in [0.2, 0.25) is 0 Å². The standard InChI is InChI=1S/C21H12N4O7S2/c26-19(15-3-1-2-4-16(15)25(30)31)22-23-20(27)18(34-21(23)33)11-14-9-10-17(32-14)12-5-7-13(8-6-12)24(28)29/h1-11H,(H,22,26)/b18-11+. The molecule has 1 N–H and O–H groups in total. The quantitative estimate of drug-likeness (QED) is 0.228. The summed E-state index contributed by atoms with van der Waals surface area (Å²) in [6.45, 7) is 0. The van der Waals surface area contributed by atoms with Crippen molar-refractivity contribution in [1.82, 2.24) is 10.4 Å². The van der Waals surface area contributed by atoms with Gasteiger partial charge in [-0.3, -0.25) is 35.2 Å². The molecule has 0 saturated carbocycles. The van der Waals surface area contributed by atoms with Gasteiger partial charge in [0.15, 0.2) is 4.32 Å². The Balaban J connectivity index is 1.51. The largest absolute Gasteiger partial charge is 0.457 e. The van der Waals surface area contributed by atoms with Crippen LogP contribution in [0.5, 0.6) is 0 Å². The molecule has 0 unspecified atom stereocenters. The van der Waals surface area contributed by atoms with Gasteiger partial charge in [-0.05, 0) is 42.5 Å². The first-order chi connectivity index (χ1) is 16.2. The molecule has 1 saturated heterocycles. The van der Waals surface area contributed by atoms with Gasteiger partial charge in [0.2, 0.25) is 0 Å². The molecule has 1 aliphatic heterocycles. The Morgan fingerprint density at radius 3 is 2.41 bits per heavy atom. The van der Waals surface area contributed by atoms with Crippen LogP contribution < -0.4 is 5.43 Å². The summed E-state index contributed by atoms with van der Waals surface area (Å²) in [4.78, 5) is 46.2. The van der Waals surface area contributed by atoms with Gasteiger partial charge >= 0.3 is 0 Å². The van der Waals surface area contributed by atoms with Crippen molar-refractivity contribution in [3.8, 4) is 11.3 Å². The van der Waals surface area contributed by atoms with Gasteiger partial charge in [0, 0.05) is 29.8 Å². The van der Waals surface area contributed by atoms with Crippen molar-refractivity contribution in [2.45, 2.75) is 0 Å². The summed E-state index contributed by atoms with van der Waals surface area (Å²) in [5, 5.41) is 22.8. The molecule has 0 spiro atoms. The summed E-state index contributed by atoms with van der Waals surface area (Å²) in [5.74, 6) is -0.737. The lowest BCUT2D eigenvalue weighted by molar-refractivity contribution is -0.385. The number of non-ortho nitro benzene ring substituents is 1. The third-order valence-electron chi connectivity index (χ3n) is 4.62. The Morgan fingerprint density at radius 2 is 1.74 bits per heavy atom. The molecule has 1 aromatic heterocycles. The number of thioether (sulfide) groups is 1. The summed E-state index contributed by atoms with van der Waals surface area (Å²) in [6.07, 6.45) is 1.44. The number of hydrogen-bond donors (Lipinski definition) is 1. The fourth-order valence-electron chi connectivity index (χ4n) is 3.01. The maximum absolute atomic E-state index is 12.8. The van der Waals surface area contributed by atoms with Crippen molar-refractivity contribution in [2.24, 2.45) is 0 Å². The van der Waals surface area contributed by atoms with Crippen LogP contribution in [-0.4, -0.2) is 31.0 Å². The van der Waals surface area contributed by atoms with Gasteiger partial charge in [-0.2, -0.15) is 5.01 Å². The number of carbonyl (C=O) groups excluding carboxylic acids is 2. The van der Waals surface area contributed by atoms with Gasteiger partial charge < -0.3 is 4.42 Å². The lowest BCUT2D eigenvalue weighted by Crippen LogP contribution is -2.45. The van der Waals surface area contributed by atoms with Crippen LogP contribution in [0.15, 0.2) is 70.0 Å². The number of furan rings is 1. The molecular weight excluding hydrogens is 484 g/mol. The van der Waals surface area contributed by atoms with Crippen LogP contribution in [0.25, 0.3) is 17.4 Å². The van der Waals surface area contributed by atoms with Crippen LogP contribution in [-0.2, 0) is 4.79 Å². The van der Waals surface area contributed by atoms with Crippen LogP contribution >= 0.6 is 24.0 Å². The summed E-state index contributed by atoms with van der Waals surface area (Å²) >= 11 is 6.09. The highest BCUT2D eigenvalue weighted by Crippen LogP contribution is 2.33. The molecule has 2 aromatic carbocycles. The van der Waals surface area contributed by atoms with E-state index in [9.17, 15) is 29.8 Å². The third-order valence-corrected chi connectivity index (χ3v) is 5.92. The summed E-state index contributed by atoms with van der Waals surface area (Å²) in [7, 11) is 0. The number of nitro groups is 2. The smallest absolute Gasteiger partial charge is 0.285 e. The van der Waals surface area contributed by atoms with Gasteiger partial charge in [-0.25, -0.2) is 0 Å². The van der Waals surface area contributed by atoms with Crippen LogP contribution in [0.3, 0.4) is 0 Å². The van der Waals surface area contributed by atoms with Crippen molar-refractivity contribution in [3.63, 3.8) is 0 Å². The van der Waals surface area contributed by atoms with Gasteiger partial charge in [0.05, 0.1) is 14.8 Å². The molecule has 0 aliphatic carbocycles. The van der Waals surface area contributed by atoms with Crippen molar-refractivity contribution in [3.05, 3.63) is 97.1 Å². The second-order valence-electron chi connectivity index (χ2n) is 6.74. The van der Waals surface area contributed by atoms with Gasteiger partial charge in [0.25, 0.3) is 23.2 Å². The van der Waals surface area contributed by atoms with Crippen LogP contribution in [0.1, 0.15) is 16.1 Å². The third kappa shape index (κ3) is 4.55. The molecular formula is C21H12N4O7S2. The monoisotopic (exact) mass is 496 g/mol. The number of nitrogens with one attached hydrogen (secondary N) is 1. The number of nitrogens with zero attached hydrogens (tertiary/aromatic N) is 3. The Morgan fingerprint density at radius 1 is 1.03 bits per heavy atom. The molecule has 3 aromatic rings. The SMILES string of the molecule is O=C(NN1C(=O)/C(=C\c2ccc(-c3ccc([N+](=O)[O-])cc3)o2)SC1=S)c1ccccc1[N+](=O)[O-]. The molecule has 2 amide bonds. The van der Waals surface area contributed by atoms with E-state index in [4.69, 9.17) is 16.6 Å². The summed E-state index contributed by atoms with van der Waals surface area (Å²) < 4.78 is 5.74. The predicted molar refractivity (Wildman–Crippen MR) is 126 cm³/mol. The minimum absolute atomic E-state index is 0.0327. The highest BCUT2D eigenvalue weighted by atomic mass is 32.2. The zero-order valence-electron chi connectivity index (χ0n) is 16.9. The Labute approximate surface area is 200 Å². The van der Waals surface area contributed by atoms with E-state index >= 15 is 0 Å². The van der Waals surface area contributed by atoms with Gasteiger partial charge in [0.1, 0.15) is 17.1 Å². The number of nitro benzene ring substituents is 2. The zero-order chi connectivity index (χ0) is 24.4. The molecule has 34 heavy (non-hydrogen) atoms. The second-order valence-corrected chi connectivity index (χ2v) is 8.41. The predicted octanol–water partition coefficient (Wildman–Crippen LogP) is 4.31. The maximum atomic E-state index is 12.8. The zero-order valence-corrected chi connectivity index (χ0v) is 18.5. The normalized spacial score (nSPS) is 14.5. The van der Waals surface area contributed by atoms with E-state index in [-0.39, 0.29) is 20.5 Å². The van der Waals surface area contributed by atoms with Crippen molar-refractivity contribution < 1.29 is 23.9 Å². The molecule has 4 rings (SSSR count). The number of hydrogen-bond acceptors (Lipinski definition) is 9. The first-order valence-corrected chi connectivity index (χ1v) is 10.6. The fraction of sp³-hybridized carbons (Fsp3) is 0. The Hall–Kier alpha value is -4.36. The van der Waals surface area contributed by atoms with Crippen LogP contribution in [0, 0.1) is 20.2 Å². The number of para-hydroxylation sites is 1. The molecule has 11 nitrogen and oxygen atoms in total. The lowest BCUT2D eigenvalue weighted by Gasteiger charge is -2.15. The molecule has 1 aliphatic rings. The minimum Gasteiger partial charge on any atom is -0.457 e. The highest BCUT2D eigenvalue weighted by Gasteiger charge is 2.35. The average Bonchev–Trinajstić information content (AvgIpc) is 3.39. The Kier molecular flexibility index (Phi) is 6.21. The van der Waals surface area contributed by atoms with E-state index in [1.807, 2.05) is 0 Å². The molecule has 13 heteroatoms. The minimum atomic E-state index is -0.858. The van der Waals surface area contributed by atoms with Crippen molar-refractivity contribution >= 4 is 57.6 Å². The van der Waals surface area contributed by atoms with Crippen molar-refractivity contribution in [2.75, 3.05) is 0 Å². The first kappa shape index (κ1) is 22.8. The van der Waals surface area contributed by atoms with Gasteiger partial charge in [-0.1, -0.05) is 23.9 Å². The number of benzene rings is 2. The molecule has 0 radical (unpaired) electrons. The van der Waals surface area contributed by atoms with E-state index in [0.29, 0.717) is 17.1 Å². The highest BCUT2D eigenvalue weighted by molar-refractivity contribution is 8.26. The number of rotatable bonds is 6. The molecule has 0 bridgehead atoms.